The molecule has 1 amide bonds. The molecule has 1 aromatic heterocycles. The highest BCUT2D eigenvalue weighted by molar-refractivity contribution is 5.96. The van der Waals surface area contributed by atoms with Gasteiger partial charge in [-0.3, -0.25) is 4.79 Å². The normalized spacial score (nSPS) is 10.9. The van der Waals surface area contributed by atoms with E-state index in [0.717, 1.165) is 35.7 Å². The Morgan fingerprint density at radius 3 is 2.50 bits per heavy atom. The Bertz CT molecular complexity index is 687. The Hall–Kier alpha value is -2.30. The summed E-state index contributed by atoms with van der Waals surface area (Å²) in [6.07, 6.45) is 1.73. The van der Waals surface area contributed by atoms with Crippen molar-refractivity contribution in [1.82, 2.24) is 15.1 Å². The number of hydrogen-bond acceptors (Lipinski definition) is 3. The molecular weight excluding hydrogens is 302 g/mol. The summed E-state index contributed by atoms with van der Waals surface area (Å²) in [5.41, 5.74) is 3.35. The maximum absolute atomic E-state index is 12.6. The van der Waals surface area contributed by atoms with E-state index in [-0.39, 0.29) is 5.91 Å². The minimum Gasteiger partial charge on any atom is -0.497 e. The molecule has 0 aliphatic rings. The van der Waals surface area contributed by atoms with Crippen molar-refractivity contribution in [3.05, 3.63) is 41.2 Å². The first-order valence-corrected chi connectivity index (χ1v) is 8.49. The van der Waals surface area contributed by atoms with Gasteiger partial charge in [0.05, 0.1) is 29.7 Å². The summed E-state index contributed by atoms with van der Waals surface area (Å²) in [5.74, 6) is 1.18. The number of nitrogens with one attached hydrogen (secondary N) is 1. The van der Waals surface area contributed by atoms with Crippen molar-refractivity contribution in [3.63, 3.8) is 0 Å². The van der Waals surface area contributed by atoms with Crippen molar-refractivity contribution >= 4 is 5.91 Å². The monoisotopic (exact) mass is 329 g/mol. The summed E-state index contributed by atoms with van der Waals surface area (Å²) in [6.45, 7) is 8.87. The van der Waals surface area contributed by atoms with Crippen molar-refractivity contribution < 1.29 is 9.53 Å². The van der Waals surface area contributed by atoms with Crippen LogP contribution in [0.1, 0.15) is 48.9 Å². The molecule has 1 heterocycles. The van der Waals surface area contributed by atoms with Gasteiger partial charge in [0.1, 0.15) is 5.75 Å². The van der Waals surface area contributed by atoms with Crippen LogP contribution < -0.4 is 10.1 Å². The molecule has 0 saturated carbocycles. The fourth-order valence-electron chi connectivity index (χ4n) is 2.63. The Kier molecular flexibility index (Phi) is 6.01. The highest BCUT2D eigenvalue weighted by atomic mass is 16.5. The standard InChI is InChI=1S/C19H27N3O2/c1-6-7-17-18(19(23)20-12-13(2)3)14(4)22(21-17)15-8-10-16(24-5)11-9-15/h8-11,13H,6-7,12H2,1-5H3,(H,20,23). The minimum atomic E-state index is -0.0376. The number of aromatic nitrogens is 2. The molecule has 5 nitrogen and oxygen atoms in total. The number of benzene rings is 1. The SMILES string of the molecule is CCCc1nn(-c2ccc(OC)cc2)c(C)c1C(=O)NCC(C)C. The molecule has 5 heteroatoms. The Morgan fingerprint density at radius 1 is 1.29 bits per heavy atom. The van der Waals surface area contributed by atoms with E-state index in [9.17, 15) is 4.79 Å². The zero-order chi connectivity index (χ0) is 17.7. The van der Waals surface area contributed by atoms with Crippen LogP contribution in [0.4, 0.5) is 0 Å². The molecule has 0 aliphatic carbocycles. The quantitative estimate of drug-likeness (QED) is 0.845. The number of rotatable bonds is 7. The molecule has 0 bridgehead atoms. The number of aryl methyl sites for hydroxylation is 1. The van der Waals surface area contributed by atoms with Gasteiger partial charge in [-0.1, -0.05) is 27.2 Å². The maximum Gasteiger partial charge on any atom is 0.255 e. The molecule has 0 spiro atoms. The second kappa shape index (κ2) is 7.99. The third kappa shape index (κ3) is 3.96. The molecule has 0 radical (unpaired) electrons. The summed E-state index contributed by atoms with van der Waals surface area (Å²) in [5, 5.41) is 7.70. The Balaban J connectivity index is 2.39. The Morgan fingerprint density at radius 2 is 1.96 bits per heavy atom. The third-order valence-electron chi connectivity index (χ3n) is 3.89. The molecular formula is C19H27N3O2. The molecule has 24 heavy (non-hydrogen) atoms. The average Bonchev–Trinajstić information content (AvgIpc) is 2.89. The fraction of sp³-hybridized carbons (Fsp3) is 0.474. The predicted molar refractivity (Wildman–Crippen MR) is 96.0 cm³/mol. The van der Waals surface area contributed by atoms with E-state index in [1.807, 2.05) is 35.9 Å². The zero-order valence-electron chi connectivity index (χ0n) is 15.2. The molecule has 0 saturated heterocycles. The zero-order valence-corrected chi connectivity index (χ0v) is 15.2. The maximum atomic E-state index is 12.6. The number of amides is 1. The van der Waals surface area contributed by atoms with Crippen molar-refractivity contribution in [1.29, 1.82) is 0 Å². The van der Waals surface area contributed by atoms with Crippen molar-refractivity contribution in [3.8, 4) is 11.4 Å². The molecule has 1 N–H and O–H groups in total. The van der Waals surface area contributed by atoms with Gasteiger partial charge in [0.15, 0.2) is 0 Å². The van der Waals surface area contributed by atoms with Gasteiger partial charge >= 0.3 is 0 Å². The van der Waals surface area contributed by atoms with Gasteiger partial charge in [0.25, 0.3) is 5.91 Å². The van der Waals surface area contributed by atoms with Crippen molar-refractivity contribution in [2.45, 2.75) is 40.5 Å². The van der Waals surface area contributed by atoms with Gasteiger partial charge in [-0.2, -0.15) is 5.10 Å². The first kappa shape index (κ1) is 18.0. The van der Waals surface area contributed by atoms with Crippen LogP contribution in [0.2, 0.25) is 0 Å². The van der Waals surface area contributed by atoms with Crippen LogP contribution in [0.3, 0.4) is 0 Å². The number of carbonyl (C=O) groups excluding carboxylic acids is 1. The second-order valence-corrected chi connectivity index (χ2v) is 6.37. The summed E-state index contributed by atoms with van der Waals surface area (Å²) in [4.78, 5) is 12.6. The molecule has 0 aliphatic heterocycles. The van der Waals surface area contributed by atoms with Crippen molar-refractivity contribution in [2.75, 3.05) is 13.7 Å². The molecule has 0 unspecified atom stereocenters. The van der Waals surface area contributed by atoms with Gasteiger partial charge in [0.2, 0.25) is 0 Å². The smallest absolute Gasteiger partial charge is 0.255 e. The number of hydrogen-bond donors (Lipinski definition) is 1. The van der Waals surface area contributed by atoms with Gasteiger partial charge in [0, 0.05) is 6.54 Å². The topological polar surface area (TPSA) is 56.2 Å². The van der Waals surface area contributed by atoms with E-state index in [1.165, 1.54) is 0 Å². The lowest BCUT2D eigenvalue weighted by Gasteiger charge is -2.09. The highest BCUT2D eigenvalue weighted by Gasteiger charge is 2.21. The van der Waals surface area contributed by atoms with Crippen LogP contribution in [0.25, 0.3) is 5.69 Å². The second-order valence-electron chi connectivity index (χ2n) is 6.37. The molecule has 130 valence electrons. The van der Waals surface area contributed by atoms with Crippen molar-refractivity contribution in [2.24, 2.45) is 5.92 Å². The van der Waals surface area contributed by atoms with Gasteiger partial charge in [-0.05, 0) is 43.5 Å². The van der Waals surface area contributed by atoms with Gasteiger partial charge < -0.3 is 10.1 Å². The number of methoxy groups -OCH3 is 1. The van der Waals surface area contributed by atoms with E-state index in [4.69, 9.17) is 4.74 Å². The van der Waals surface area contributed by atoms with Gasteiger partial charge in [-0.25, -0.2) is 4.68 Å². The van der Waals surface area contributed by atoms with Crippen LogP contribution in [-0.2, 0) is 6.42 Å². The van der Waals surface area contributed by atoms with Crippen LogP contribution in [0.5, 0.6) is 5.75 Å². The van der Waals surface area contributed by atoms with E-state index in [1.54, 1.807) is 7.11 Å². The average molecular weight is 329 g/mol. The molecule has 2 aromatic rings. The molecule has 0 fully saturated rings. The summed E-state index contributed by atoms with van der Waals surface area (Å²) >= 11 is 0. The highest BCUT2D eigenvalue weighted by Crippen LogP contribution is 2.21. The minimum absolute atomic E-state index is 0.0376. The number of nitrogens with zero attached hydrogens (tertiary/aromatic N) is 2. The summed E-state index contributed by atoms with van der Waals surface area (Å²) in [7, 11) is 1.64. The van der Waals surface area contributed by atoms with E-state index in [2.05, 4.69) is 31.2 Å². The van der Waals surface area contributed by atoms with Crippen LogP contribution >= 0.6 is 0 Å². The van der Waals surface area contributed by atoms with E-state index in [0.29, 0.717) is 18.0 Å². The lowest BCUT2D eigenvalue weighted by Crippen LogP contribution is -2.28. The van der Waals surface area contributed by atoms with Crippen LogP contribution in [-0.4, -0.2) is 29.3 Å². The first-order valence-electron chi connectivity index (χ1n) is 8.49. The summed E-state index contributed by atoms with van der Waals surface area (Å²) in [6, 6.07) is 7.69. The predicted octanol–water partition coefficient (Wildman–Crippen LogP) is 3.53. The summed E-state index contributed by atoms with van der Waals surface area (Å²) < 4.78 is 7.04. The lowest BCUT2D eigenvalue weighted by molar-refractivity contribution is 0.0947. The van der Waals surface area contributed by atoms with Crippen LogP contribution in [0.15, 0.2) is 24.3 Å². The first-order chi connectivity index (χ1) is 11.5. The Labute approximate surface area is 144 Å². The molecule has 0 atom stereocenters. The van der Waals surface area contributed by atoms with Gasteiger partial charge in [-0.15, -0.1) is 0 Å². The molecule has 2 rings (SSSR count). The van der Waals surface area contributed by atoms with E-state index >= 15 is 0 Å². The largest absolute Gasteiger partial charge is 0.497 e. The number of ether oxygens (including phenoxy) is 1. The third-order valence-corrected chi connectivity index (χ3v) is 3.89. The lowest BCUT2D eigenvalue weighted by atomic mass is 10.1. The fourth-order valence-corrected chi connectivity index (χ4v) is 2.63. The number of carbonyl (C=O) groups is 1. The van der Waals surface area contributed by atoms with Crippen LogP contribution in [0, 0.1) is 12.8 Å². The molecule has 1 aromatic carbocycles. The van der Waals surface area contributed by atoms with E-state index < -0.39 is 0 Å².